The number of carboxylic acids is 1. The monoisotopic (exact) mass is 316 g/mol. The predicted molar refractivity (Wildman–Crippen MR) is 69.4 cm³/mol. The van der Waals surface area contributed by atoms with Crippen molar-refractivity contribution in [2.75, 3.05) is 13.1 Å². The largest absolute Gasteiger partial charge is 0.480 e. The molecule has 1 aromatic rings. The lowest BCUT2D eigenvalue weighted by molar-refractivity contribution is -0.385. The van der Waals surface area contributed by atoms with Gasteiger partial charge in [-0.1, -0.05) is 22.9 Å². The van der Waals surface area contributed by atoms with Gasteiger partial charge in [-0.25, -0.2) is 0 Å². The number of carboxylic acid groups (broad SMARTS) is 1. The Bertz CT molecular complexity index is 464. The summed E-state index contributed by atoms with van der Waals surface area (Å²) >= 11 is 3.18. The van der Waals surface area contributed by atoms with Crippen LogP contribution in [-0.4, -0.2) is 34.0 Å². The van der Waals surface area contributed by atoms with Crippen LogP contribution in [0.1, 0.15) is 12.5 Å². The van der Waals surface area contributed by atoms with Gasteiger partial charge in [0.2, 0.25) is 0 Å². The Labute approximate surface area is 112 Å². The number of carbonyl (C=O) groups is 1. The molecule has 1 N–H and O–H groups in total. The number of nitro benzene ring substituents is 1. The van der Waals surface area contributed by atoms with Crippen molar-refractivity contribution in [3.05, 3.63) is 38.3 Å². The average molecular weight is 317 g/mol. The first-order valence-corrected chi connectivity index (χ1v) is 6.10. The van der Waals surface area contributed by atoms with Crippen LogP contribution in [0.15, 0.2) is 22.7 Å². The number of aliphatic carboxylic acids is 1. The lowest BCUT2D eigenvalue weighted by atomic mass is 10.1. The fraction of sp³-hybridized carbons (Fsp3) is 0.364. The fourth-order valence-corrected chi connectivity index (χ4v) is 1.90. The molecule has 18 heavy (non-hydrogen) atoms. The van der Waals surface area contributed by atoms with Gasteiger partial charge in [0.1, 0.15) is 0 Å². The maximum atomic E-state index is 10.9. The molecule has 0 atom stereocenters. The van der Waals surface area contributed by atoms with E-state index in [-0.39, 0.29) is 18.8 Å². The highest BCUT2D eigenvalue weighted by Gasteiger charge is 2.17. The third-order valence-corrected chi connectivity index (χ3v) is 2.94. The van der Waals surface area contributed by atoms with Crippen LogP contribution in [0.25, 0.3) is 0 Å². The molecule has 1 rings (SSSR count). The van der Waals surface area contributed by atoms with Crippen molar-refractivity contribution in [1.82, 2.24) is 4.90 Å². The van der Waals surface area contributed by atoms with E-state index in [0.29, 0.717) is 16.6 Å². The Kier molecular flexibility index (Phi) is 5.24. The lowest BCUT2D eigenvalue weighted by Crippen LogP contribution is -2.29. The van der Waals surface area contributed by atoms with Crippen molar-refractivity contribution in [1.29, 1.82) is 0 Å². The van der Waals surface area contributed by atoms with Crippen LogP contribution in [0.4, 0.5) is 5.69 Å². The normalized spacial score (nSPS) is 10.6. The molecule has 0 amide bonds. The summed E-state index contributed by atoms with van der Waals surface area (Å²) in [7, 11) is 0. The minimum atomic E-state index is -0.948. The van der Waals surface area contributed by atoms with Gasteiger partial charge in [0, 0.05) is 22.6 Å². The lowest BCUT2D eigenvalue weighted by Gasteiger charge is -2.17. The third kappa shape index (κ3) is 4.08. The molecule has 0 aliphatic rings. The molecule has 1 aromatic carbocycles. The van der Waals surface area contributed by atoms with Gasteiger partial charge in [-0.3, -0.25) is 19.8 Å². The van der Waals surface area contributed by atoms with E-state index in [2.05, 4.69) is 15.9 Å². The van der Waals surface area contributed by atoms with Crippen LogP contribution < -0.4 is 0 Å². The Morgan fingerprint density at radius 3 is 2.72 bits per heavy atom. The van der Waals surface area contributed by atoms with E-state index in [0.717, 1.165) is 0 Å². The molecule has 0 aliphatic heterocycles. The first-order valence-electron chi connectivity index (χ1n) is 5.31. The number of nitro groups is 1. The zero-order chi connectivity index (χ0) is 13.7. The average Bonchev–Trinajstić information content (AvgIpc) is 2.29. The van der Waals surface area contributed by atoms with Crippen molar-refractivity contribution >= 4 is 27.6 Å². The number of hydrogen-bond acceptors (Lipinski definition) is 4. The summed E-state index contributed by atoms with van der Waals surface area (Å²) in [5, 5.41) is 19.6. The molecule has 0 saturated carbocycles. The predicted octanol–water partition coefficient (Wildman–Crippen LogP) is 2.26. The van der Waals surface area contributed by atoms with E-state index in [1.54, 1.807) is 17.0 Å². The van der Waals surface area contributed by atoms with Gasteiger partial charge in [-0.2, -0.15) is 0 Å². The summed E-state index contributed by atoms with van der Waals surface area (Å²) in [6, 6.07) is 4.76. The van der Waals surface area contributed by atoms with Gasteiger partial charge >= 0.3 is 5.97 Å². The van der Waals surface area contributed by atoms with Gasteiger partial charge < -0.3 is 5.11 Å². The first kappa shape index (κ1) is 14.6. The smallest absolute Gasteiger partial charge is 0.317 e. The van der Waals surface area contributed by atoms with E-state index in [1.165, 1.54) is 6.07 Å². The highest BCUT2D eigenvalue weighted by atomic mass is 79.9. The molecule has 6 nitrogen and oxygen atoms in total. The molecular weight excluding hydrogens is 304 g/mol. The zero-order valence-electron chi connectivity index (χ0n) is 9.80. The second-order valence-electron chi connectivity index (χ2n) is 3.73. The molecule has 98 valence electrons. The highest BCUT2D eigenvalue weighted by molar-refractivity contribution is 9.10. The van der Waals surface area contributed by atoms with E-state index in [9.17, 15) is 14.9 Å². The van der Waals surface area contributed by atoms with Gasteiger partial charge in [0.15, 0.2) is 0 Å². The minimum Gasteiger partial charge on any atom is -0.480 e. The maximum Gasteiger partial charge on any atom is 0.317 e. The van der Waals surface area contributed by atoms with Crippen molar-refractivity contribution < 1.29 is 14.8 Å². The van der Waals surface area contributed by atoms with Gasteiger partial charge in [-0.05, 0) is 18.7 Å². The standard InChI is InChI=1S/C11H13BrN2O4/c1-2-13(7-11(15)16)6-8-3-4-9(12)5-10(8)14(17)18/h3-5H,2,6-7H2,1H3,(H,15,16). The zero-order valence-corrected chi connectivity index (χ0v) is 11.4. The number of likely N-dealkylation sites (N-methyl/N-ethyl adjacent to an activating group) is 1. The van der Waals surface area contributed by atoms with Gasteiger partial charge in [0.05, 0.1) is 11.5 Å². The quantitative estimate of drug-likeness (QED) is 0.643. The summed E-state index contributed by atoms with van der Waals surface area (Å²) in [4.78, 5) is 22.7. The SMILES string of the molecule is CCN(CC(=O)O)Cc1ccc(Br)cc1[N+](=O)[O-]. The number of rotatable bonds is 6. The van der Waals surface area contributed by atoms with Gasteiger partial charge in [-0.15, -0.1) is 0 Å². The first-order chi connectivity index (χ1) is 8.43. The molecule has 0 aliphatic carbocycles. The summed E-state index contributed by atoms with van der Waals surface area (Å²) in [6.07, 6.45) is 0. The Morgan fingerprint density at radius 2 is 2.22 bits per heavy atom. The van der Waals surface area contributed by atoms with Crippen LogP contribution in [-0.2, 0) is 11.3 Å². The number of benzene rings is 1. The van der Waals surface area contributed by atoms with Crippen molar-refractivity contribution in [3.63, 3.8) is 0 Å². The van der Waals surface area contributed by atoms with Crippen LogP contribution in [0, 0.1) is 10.1 Å². The van der Waals surface area contributed by atoms with Crippen LogP contribution in [0.5, 0.6) is 0 Å². The molecule has 0 saturated heterocycles. The van der Waals surface area contributed by atoms with E-state index >= 15 is 0 Å². The van der Waals surface area contributed by atoms with E-state index < -0.39 is 10.9 Å². The summed E-state index contributed by atoms with van der Waals surface area (Å²) in [5.74, 6) is -0.948. The summed E-state index contributed by atoms with van der Waals surface area (Å²) < 4.78 is 0.624. The molecular formula is C11H13BrN2O4. The highest BCUT2D eigenvalue weighted by Crippen LogP contribution is 2.24. The molecule has 0 spiro atoms. The Morgan fingerprint density at radius 1 is 1.56 bits per heavy atom. The number of nitrogens with zero attached hydrogens (tertiary/aromatic N) is 2. The Balaban J connectivity index is 2.95. The van der Waals surface area contributed by atoms with Crippen molar-refractivity contribution in [2.24, 2.45) is 0 Å². The van der Waals surface area contributed by atoms with E-state index in [1.807, 2.05) is 6.92 Å². The molecule has 0 aromatic heterocycles. The third-order valence-electron chi connectivity index (χ3n) is 2.44. The van der Waals surface area contributed by atoms with E-state index in [4.69, 9.17) is 5.11 Å². The molecule has 0 fully saturated rings. The minimum absolute atomic E-state index is 0.00628. The number of halogens is 1. The van der Waals surface area contributed by atoms with Crippen LogP contribution in [0.3, 0.4) is 0 Å². The number of hydrogen-bond donors (Lipinski definition) is 1. The summed E-state index contributed by atoms with van der Waals surface area (Å²) in [6.45, 7) is 2.43. The second kappa shape index (κ2) is 6.46. The Hall–Kier alpha value is -1.47. The van der Waals surface area contributed by atoms with Gasteiger partial charge in [0.25, 0.3) is 5.69 Å². The van der Waals surface area contributed by atoms with Crippen molar-refractivity contribution in [2.45, 2.75) is 13.5 Å². The van der Waals surface area contributed by atoms with Crippen LogP contribution in [0.2, 0.25) is 0 Å². The maximum absolute atomic E-state index is 10.9. The molecule has 0 unspecified atom stereocenters. The second-order valence-corrected chi connectivity index (χ2v) is 4.64. The molecule has 0 bridgehead atoms. The molecule has 0 radical (unpaired) electrons. The summed E-state index contributed by atoms with van der Waals surface area (Å²) in [5.41, 5.74) is 0.500. The molecule has 7 heteroatoms. The molecule has 0 heterocycles. The topological polar surface area (TPSA) is 83.7 Å². The fourth-order valence-electron chi connectivity index (χ4n) is 1.55. The van der Waals surface area contributed by atoms with Crippen LogP contribution >= 0.6 is 15.9 Å². The van der Waals surface area contributed by atoms with Crippen molar-refractivity contribution in [3.8, 4) is 0 Å².